The Morgan fingerprint density at radius 2 is 2.25 bits per heavy atom. The summed E-state index contributed by atoms with van der Waals surface area (Å²) in [7, 11) is 0. The van der Waals surface area contributed by atoms with E-state index in [0.717, 1.165) is 6.20 Å². The maximum atomic E-state index is 13.6. The van der Waals surface area contributed by atoms with Gasteiger partial charge in [-0.15, -0.1) is 0 Å². The molecule has 0 saturated heterocycles. The summed E-state index contributed by atoms with van der Waals surface area (Å²) in [6, 6.07) is 1.70. The summed E-state index contributed by atoms with van der Waals surface area (Å²) in [5, 5.41) is 6.72. The molecule has 0 aromatic carbocycles. The molecule has 0 atom stereocenters. The molecule has 2 aromatic heterocycles. The lowest BCUT2D eigenvalue weighted by molar-refractivity contribution is 0.587. The molecule has 0 amide bonds. The van der Waals surface area contributed by atoms with Gasteiger partial charge in [-0.05, 0) is 32.1 Å². The minimum atomic E-state index is -0.404. The highest BCUT2D eigenvalue weighted by Crippen LogP contribution is 2.22. The van der Waals surface area contributed by atoms with E-state index >= 15 is 0 Å². The van der Waals surface area contributed by atoms with E-state index in [1.54, 1.807) is 10.6 Å². The molecule has 1 N–H and O–H groups in total. The van der Waals surface area contributed by atoms with Gasteiger partial charge in [0.2, 0.25) is 0 Å². The highest BCUT2D eigenvalue weighted by molar-refractivity contribution is 7.71. The van der Waals surface area contributed by atoms with Gasteiger partial charge in [0.1, 0.15) is 0 Å². The molecular weight excluding hydrogens is 227 g/mol. The topological polar surface area (TPSA) is 46.5 Å². The molecule has 0 spiro atoms. The van der Waals surface area contributed by atoms with E-state index in [-0.39, 0.29) is 6.04 Å². The highest BCUT2D eigenvalue weighted by Gasteiger charge is 2.14. The lowest BCUT2D eigenvalue weighted by Crippen LogP contribution is -2.04. The number of aromatic amines is 1. The summed E-state index contributed by atoms with van der Waals surface area (Å²) in [4.78, 5) is 3.70. The molecule has 84 valence electrons. The smallest absolute Gasteiger partial charge is 0.195 e. The van der Waals surface area contributed by atoms with Gasteiger partial charge in [0.05, 0.1) is 11.8 Å². The van der Waals surface area contributed by atoms with Crippen molar-refractivity contribution in [3.8, 4) is 11.4 Å². The standard InChI is InChI=1S/C10H11FN4S/c1-6(2)15-9(13-14-10(15)16)7-3-4-12-5-8(7)11/h3-6H,1-2H3,(H,14,16). The van der Waals surface area contributed by atoms with Crippen molar-refractivity contribution in [3.63, 3.8) is 0 Å². The first kappa shape index (κ1) is 10.9. The van der Waals surface area contributed by atoms with Crippen LogP contribution in [0.4, 0.5) is 4.39 Å². The number of H-pyrrole nitrogens is 1. The molecule has 6 heteroatoms. The Morgan fingerprint density at radius 3 is 2.88 bits per heavy atom. The fourth-order valence-electron chi connectivity index (χ4n) is 1.53. The molecule has 0 radical (unpaired) electrons. The largest absolute Gasteiger partial charge is 0.298 e. The van der Waals surface area contributed by atoms with Crippen LogP contribution in [0.25, 0.3) is 11.4 Å². The maximum Gasteiger partial charge on any atom is 0.195 e. The first-order valence-electron chi connectivity index (χ1n) is 4.88. The van der Waals surface area contributed by atoms with Gasteiger partial charge in [0.15, 0.2) is 16.4 Å². The third-order valence-corrected chi connectivity index (χ3v) is 2.52. The number of nitrogens with one attached hydrogen (secondary N) is 1. The second kappa shape index (κ2) is 4.13. The van der Waals surface area contributed by atoms with Crippen LogP contribution >= 0.6 is 12.2 Å². The summed E-state index contributed by atoms with van der Waals surface area (Å²) in [6.07, 6.45) is 2.69. The van der Waals surface area contributed by atoms with Gasteiger partial charge in [-0.1, -0.05) is 0 Å². The SMILES string of the molecule is CC(C)n1c(-c2ccncc2F)n[nH]c1=S. The van der Waals surface area contributed by atoms with Crippen molar-refractivity contribution >= 4 is 12.2 Å². The molecule has 0 aliphatic rings. The number of halogens is 1. The fraction of sp³-hybridized carbons (Fsp3) is 0.300. The van der Waals surface area contributed by atoms with Crippen molar-refractivity contribution in [2.24, 2.45) is 0 Å². The van der Waals surface area contributed by atoms with Gasteiger partial charge in [-0.25, -0.2) is 4.39 Å². The monoisotopic (exact) mass is 238 g/mol. The molecule has 0 fully saturated rings. The second-order valence-electron chi connectivity index (χ2n) is 3.67. The van der Waals surface area contributed by atoms with E-state index < -0.39 is 5.82 Å². The van der Waals surface area contributed by atoms with Gasteiger partial charge in [0.25, 0.3) is 0 Å². The van der Waals surface area contributed by atoms with E-state index in [4.69, 9.17) is 12.2 Å². The lowest BCUT2D eigenvalue weighted by Gasteiger charge is -2.10. The summed E-state index contributed by atoms with van der Waals surface area (Å²) in [5.74, 6) is 0.0956. The van der Waals surface area contributed by atoms with Gasteiger partial charge in [0, 0.05) is 12.2 Å². The molecule has 0 aliphatic carbocycles. The third kappa shape index (κ3) is 1.76. The normalized spacial score (nSPS) is 11.0. The first-order chi connectivity index (χ1) is 7.61. The van der Waals surface area contributed by atoms with Crippen LogP contribution in [0.5, 0.6) is 0 Å². The average molecular weight is 238 g/mol. The van der Waals surface area contributed by atoms with Gasteiger partial charge >= 0.3 is 0 Å². The van der Waals surface area contributed by atoms with E-state index in [0.29, 0.717) is 16.2 Å². The van der Waals surface area contributed by atoms with Crippen LogP contribution in [-0.4, -0.2) is 19.7 Å². The Hall–Kier alpha value is -1.56. The van der Waals surface area contributed by atoms with Crippen LogP contribution in [0.2, 0.25) is 0 Å². The Kier molecular flexibility index (Phi) is 2.82. The second-order valence-corrected chi connectivity index (χ2v) is 4.06. The van der Waals surface area contributed by atoms with E-state index in [9.17, 15) is 4.39 Å². The van der Waals surface area contributed by atoms with Crippen LogP contribution in [0.15, 0.2) is 18.5 Å². The Morgan fingerprint density at radius 1 is 1.50 bits per heavy atom. The minimum Gasteiger partial charge on any atom is -0.298 e. The molecule has 0 aliphatic heterocycles. The van der Waals surface area contributed by atoms with Crippen molar-refractivity contribution in [2.45, 2.75) is 19.9 Å². The number of hydrogen-bond acceptors (Lipinski definition) is 3. The van der Waals surface area contributed by atoms with Crippen LogP contribution in [0.3, 0.4) is 0 Å². The van der Waals surface area contributed by atoms with Crippen molar-refractivity contribution in [2.75, 3.05) is 0 Å². The maximum absolute atomic E-state index is 13.6. The molecule has 16 heavy (non-hydrogen) atoms. The average Bonchev–Trinajstić information content (AvgIpc) is 2.61. The molecule has 2 rings (SSSR count). The number of pyridine rings is 1. The molecule has 2 heterocycles. The number of nitrogens with zero attached hydrogens (tertiary/aromatic N) is 3. The highest BCUT2D eigenvalue weighted by atomic mass is 32.1. The van der Waals surface area contributed by atoms with Crippen molar-refractivity contribution in [3.05, 3.63) is 29.0 Å². The third-order valence-electron chi connectivity index (χ3n) is 2.23. The molecular formula is C10H11FN4S. The van der Waals surface area contributed by atoms with E-state index in [1.807, 2.05) is 13.8 Å². The van der Waals surface area contributed by atoms with Crippen LogP contribution in [0.1, 0.15) is 19.9 Å². The molecule has 0 saturated carbocycles. The Balaban J connectivity index is 2.66. The number of hydrogen-bond donors (Lipinski definition) is 1. The van der Waals surface area contributed by atoms with Crippen molar-refractivity contribution in [1.82, 2.24) is 19.7 Å². The number of aromatic nitrogens is 4. The van der Waals surface area contributed by atoms with Crippen LogP contribution in [-0.2, 0) is 0 Å². The van der Waals surface area contributed by atoms with E-state index in [2.05, 4.69) is 15.2 Å². The van der Waals surface area contributed by atoms with E-state index in [1.165, 1.54) is 6.20 Å². The zero-order chi connectivity index (χ0) is 11.7. The predicted molar refractivity (Wildman–Crippen MR) is 61.0 cm³/mol. The Labute approximate surface area is 97.2 Å². The van der Waals surface area contributed by atoms with Gasteiger partial charge in [-0.3, -0.25) is 14.6 Å². The van der Waals surface area contributed by atoms with Crippen LogP contribution in [0, 0.1) is 10.6 Å². The molecule has 2 aromatic rings. The predicted octanol–water partition coefficient (Wildman–Crippen LogP) is 2.72. The fourth-order valence-corrected chi connectivity index (χ4v) is 1.87. The Bertz CT molecular complexity index is 558. The summed E-state index contributed by atoms with van der Waals surface area (Å²) < 4.78 is 15.8. The molecule has 0 unspecified atom stereocenters. The quantitative estimate of drug-likeness (QED) is 0.818. The van der Waals surface area contributed by atoms with Gasteiger partial charge in [-0.2, -0.15) is 5.10 Å². The van der Waals surface area contributed by atoms with Crippen molar-refractivity contribution in [1.29, 1.82) is 0 Å². The van der Waals surface area contributed by atoms with Crippen LogP contribution < -0.4 is 0 Å². The first-order valence-corrected chi connectivity index (χ1v) is 5.29. The summed E-state index contributed by atoms with van der Waals surface area (Å²) in [5.41, 5.74) is 0.399. The number of rotatable bonds is 2. The van der Waals surface area contributed by atoms with Crippen molar-refractivity contribution < 1.29 is 4.39 Å². The minimum absolute atomic E-state index is 0.119. The summed E-state index contributed by atoms with van der Waals surface area (Å²) in [6.45, 7) is 3.93. The zero-order valence-corrected chi connectivity index (χ0v) is 9.75. The lowest BCUT2D eigenvalue weighted by atomic mass is 10.2. The van der Waals surface area contributed by atoms with Gasteiger partial charge < -0.3 is 0 Å². The molecule has 0 bridgehead atoms. The zero-order valence-electron chi connectivity index (χ0n) is 8.94. The summed E-state index contributed by atoms with van der Waals surface area (Å²) >= 11 is 5.10. The molecule has 4 nitrogen and oxygen atoms in total.